The van der Waals surface area contributed by atoms with E-state index >= 15 is 0 Å². The van der Waals surface area contributed by atoms with Crippen LogP contribution in [0.3, 0.4) is 0 Å². The zero-order chi connectivity index (χ0) is 7.84. The lowest BCUT2D eigenvalue weighted by molar-refractivity contribution is -0.0523. The van der Waals surface area contributed by atoms with Crippen molar-refractivity contribution in [1.82, 2.24) is 4.90 Å². The lowest BCUT2D eigenvalue weighted by Crippen LogP contribution is -2.54. The zero-order valence-electron chi connectivity index (χ0n) is 6.19. The monoisotopic (exact) mass is 157 g/mol. The molecule has 2 rings (SSSR count). The fraction of sp³-hybridized carbons (Fsp3) is 0.857. The molecule has 0 bridgehead atoms. The Hall–Kier alpha value is -0.770. The van der Waals surface area contributed by atoms with Crippen LogP contribution in [0.1, 0.15) is 12.8 Å². The summed E-state index contributed by atoms with van der Waals surface area (Å²) in [6.45, 7) is 1.12. The number of carbonyl (C=O) groups is 1. The van der Waals surface area contributed by atoms with Gasteiger partial charge in [-0.3, -0.25) is 0 Å². The summed E-state index contributed by atoms with van der Waals surface area (Å²) in [6.07, 6.45) is 2.10. The van der Waals surface area contributed by atoms with Crippen LogP contribution in [0.4, 0.5) is 4.79 Å². The van der Waals surface area contributed by atoms with Crippen molar-refractivity contribution in [2.24, 2.45) is 0 Å². The second-order valence-electron chi connectivity index (χ2n) is 3.15. The van der Waals surface area contributed by atoms with Crippen molar-refractivity contribution in [3.8, 4) is 0 Å². The maximum Gasteiger partial charge on any atom is 0.407 e. The number of hydrogen-bond acceptors (Lipinski definition) is 2. The Morgan fingerprint density at radius 2 is 2.00 bits per heavy atom. The highest BCUT2D eigenvalue weighted by atomic mass is 16.5. The van der Waals surface area contributed by atoms with E-state index in [4.69, 9.17) is 9.84 Å². The minimum Gasteiger partial charge on any atom is -0.465 e. The molecule has 4 heteroatoms. The topological polar surface area (TPSA) is 49.8 Å². The average molecular weight is 157 g/mol. The molecule has 4 nitrogen and oxygen atoms in total. The highest BCUT2D eigenvalue weighted by molar-refractivity contribution is 5.66. The third-order valence-electron chi connectivity index (χ3n) is 2.03. The Morgan fingerprint density at radius 3 is 2.45 bits per heavy atom. The van der Waals surface area contributed by atoms with Gasteiger partial charge < -0.3 is 14.7 Å². The van der Waals surface area contributed by atoms with Gasteiger partial charge in [-0.25, -0.2) is 4.79 Å². The summed E-state index contributed by atoms with van der Waals surface area (Å²) in [5.41, 5.74) is 0. The molecule has 0 aromatic heterocycles. The molecule has 0 aromatic carbocycles. The molecule has 1 amide bonds. The predicted molar refractivity (Wildman–Crippen MR) is 37.5 cm³/mol. The number of nitrogens with zero attached hydrogens (tertiary/aromatic N) is 1. The van der Waals surface area contributed by atoms with Crippen LogP contribution >= 0.6 is 0 Å². The molecule has 0 unspecified atom stereocenters. The first-order valence-corrected chi connectivity index (χ1v) is 3.89. The molecule has 1 aliphatic heterocycles. The van der Waals surface area contributed by atoms with Gasteiger partial charge in [0, 0.05) is 0 Å². The van der Waals surface area contributed by atoms with Gasteiger partial charge in [-0.05, 0) is 12.8 Å². The van der Waals surface area contributed by atoms with E-state index in [9.17, 15) is 4.79 Å². The van der Waals surface area contributed by atoms with Gasteiger partial charge in [-0.15, -0.1) is 0 Å². The second kappa shape index (κ2) is 2.37. The Morgan fingerprint density at radius 1 is 1.36 bits per heavy atom. The van der Waals surface area contributed by atoms with Gasteiger partial charge in [0.2, 0.25) is 0 Å². The van der Waals surface area contributed by atoms with Crippen LogP contribution in [-0.2, 0) is 4.74 Å². The van der Waals surface area contributed by atoms with Crippen molar-refractivity contribution in [2.75, 3.05) is 13.1 Å². The van der Waals surface area contributed by atoms with Crippen molar-refractivity contribution in [3.63, 3.8) is 0 Å². The molecule has 0 atom stereocenters. The molecule has 1 aliphatic carbocycles. The third-order valence-corrected chi connectivity index (χ3v) is 2.03. The molecule has 0 radical (unpaired) electrons. The van der Waals surface area contributed by atoms with Gasteiger partial charge in [-0.2, -0.15) is 0 Å². The van der Waals surface area contributed by atoms with Crippen LogP contribution in [0, 0.1) is 0 Å². The predicted octanol–water partition coefficient (Wildman–Crippen LogP) is 0.528. The summed E-state index contributed by atoms with van der Waals surface area (Å²) >= 11 is 0. The van der Waals surface area contributed by atoms with Gasteiger partial charge in [0.15, 0.2) is 0 Å². The number of rotatable bonds is 2. The van der Waals surface area contributed by atoms with Crippen LogP contribution in [0.5, 0.6) is 0 Å². The van der Waals surface area contributed by atoms with Crippen molar-refractivity contribution in [1.29, 1.82) is 0 Å². The first-order valence-electron chi connectivity index (χ1n) is 3.89. The van der Waals surface area contributed by atoms with E-state index in [1.165, 1.54) is 4.90 Å². The third kappa shape index (κ3) is 1.45. The Bertz CT molecular complexity index is 173. The molecular weight excluding hydrogens is 146 g/mol. The minimum atomic E-state index is -0.833. The summed E-state index contributed by atoms with van der Waals surface area (Å²) < 4.78 is 5.47. The highest BCUT2D eigenvalue weighted by Crippen LogP contribution is 2.27. The van der Waals surface area contributed by atoms with Crippen molar-refractivity contribution in [3.05, 3.63) is 0 Å². The highest BCUT2D eigenvalue weighted by Gasteiger charge is 2.35. The average Bonchev–Trinajstić information content (AvgIpc) is 2.58. The smallest absolute Gasteiger partial charge is 0.407 e. The van der Waals surface area contributed by atoms with Gasteiger partial charge in [0.05, 0.1) is 25.3 Å². The van der Waals surface area contributed by atoms with Crippen LogP contribution in [0.15, 0.2) is 0 Å². The zero-order valence-corrected chi connectivity index (χ0v) is 6.19. The molecule has 62 valence electrons. The maximum atomic E-state index is 10.3. The van der Waals surface area contributed by atoms with E-state index in [1.807, 2.05) is 0 Å². The van der Waals surface area contributed by atoms with Crippen LogP contribution in [-0.4, -0.2) is 41.4 Å². The number of carboxylic acid groups (broad SMARTS) is 1. The first kappa shape index (κ1) is 6.91. The molecule has 0 aromatic rings. The molecule has 1 saturated heterocycles. The van der Waals surface area contributed by atoms with Crippen molar-refractivity contribution < 1.29 is 14.6 Å². The molecule has 2 fully saturated rings. The molecule has 11 heavy (non-hydrogen) atoms. The van der Waals surface area contributed by atoms with Gasteiger partial charge >= 0.3 is 6.09 Å². The van der Waals surface area contributed by atoms with Crippen molar-refractivity contribution >= 4 is 6.09 Å². The van der Waals surface area contributed by atoms with Crippen LogP contribution in [0.2, 0.25) is 0 Å². The molecule has 1 heterocycles. The molecule has 1 saturated carbocycles. The standard InChI is InChI=1S/C7H11NO3/c9-7(10)8-3-6(4-8)11-5-1-2-5/h5-6H,1-4H2,(H,9,10). The minimum absolute atomic E-state index is 0.179. The Labute approximate surface area is 64.7 Å². The second-order valence-corrected chi connectivity index (χ2v) is 3.15. The van der Waals surface area contributed by atoms with Crippen molar-refractivity contribution in [2.45, 2.75) is 25.0 Å². The summed E-state index contributed by atoms with van der Waals surface area (Å²) in [5, 5.41) is 8.47. The fourth-order valence-electron chi connectivity index (χ4n) is 1.16. The number of likely N-dealkylation sites (tertiary alicyclic amines) is 1. The van der Waals surface area contributed by atoms with E-state index in [1.54, 1.807) is 0 Å². The lowest BCUT2D eigenvalue weighted by Gasteiger charge is -2.36. The van der Waals surface area contributed by atoms with E-state index in [0.717, 1.165) is 12.8 Å². The number of ether oxygens (including phenoxy) is 1. The van der Waals surface area contributed by atoms with Gasteiger partial charge in [0.25, 0.3) is 0 Å². The number of amides is 1. The van der Waals surface area contributed by atoms with E-state index in [-0.39, 0.29) is 6.10 Å². The summed E-state index contributed by atoms with van der Waals surface area (Å²) in [4.78, 5) is 11.7. The normalized spacial score (nSPS) is 24.9. The Balaban J connectivity index is 1.66. The van der Waals surface area contributed by atoms with E-state index in [2.05, 4.69) is 0 Å². The van der Waals surface area contributed by atoms with E-state index < -0.39 is 6.09 Å². The summed E-state index contributed by atoms with van der Waals surface area (Å²) in [6, 6.07) is 0. The summed E-state index contributed by atoms with van der Waals surface area (Å²) in [5.74, 6) is 0. The lowest BCUT2D eigenvalue weighted by atomic mass is 10.2. The van der Waals surface area contributed by atoms with Crippen LogP contribution < -0.4 is 0 Å². The van der Waals surface area contributed by atoms with Crippen LogP contribution in [0.25, 0.3) is 0 Å². The van der Waals surface area contributed by atoms with E-state index in [0.29, 0.717) is 19.2 Å². The first-order chi connectivity index (χ1) is 5.25. The van der Waals surface area contributed by atoms with Gasteiger partial charge in [-0.1, -0.05) is 0 Å². The van der Waals surface area contributed by atoms with Gasteiger partial charge in [0.1, 0.15) is 0 Å². The molecule has 1 N–H and O–H groups in total. The molecule has 0 spiro atoms. The summed E-state index contributed by atoms with van der Waals surface area (Å²) in [7, 11) is 0. The molecule has 2 aliphatic rings. The largest absolute Gasteiger partial charge is 0.465 e. The molecular formula is C7H11NO3. The Kier molecular flexibility index (Phi) is 1.49. The number of hydrogen-bond donors (Lipinski definition) is 1. The quantitative estimate of drug-likeness (QED) is 0.636. The SMILES string of the molecule is O=C(O)N1CC(OC2CC2)C1. The maximum absolute atomic E-state index is 10.3. The fourth-order valence-corrected chi connectivity index (χ4v) is 1.16.